The van der Waals surface area contributed by atoms with Gasteiger partial charge in [0.1, 0.15) is 0 Å². The van der Waals surface area contributed by atoms with Gasteiger partial charge in [-0.1, -0.05) is 51.9 Å². The van der Waals surface area contributed by atoms with Crippen LogP contribution in [0.5, 0.6) is 0 Å². The summed E-state index contributed by atoms with van der Waals surface area (Å²) < 4.78 is 11.2. The van der Waals surface area contributed by atoms with Crippen LogP contribution in [-0.2, 0) is 9.15 Å². The van der Waals surface area contributed by atoms with Gasteiger partial charge in [0.2, 0.25) is 0 Å². The highest BCUT2D eigenvalue weighted by Crippen LogP contribution is 2.12. The van der Waals surface area contributed by atoms with Crippen molar-refractivity contribution in [3.8, 4) is 0 Å². The largest absolute Gasteiger partial charge is 0.271 e. The molecule has 0 rings (SSSR count). The average molecular weight is 241 g/mol. The van der Waals surface area contributed by atoms with E-state index in [9.17, 15) is 4.21 Å². The van der Waals surface area contributed by atoms with E-state index in [-0.39, 0.29) is 0 Å². The minimum Gasteiger partial charge on any atom is -0.271 e. The standard InChI is InChI=1S/C11H25ClOS/c1-3-4-5-6-7-8-9-10-11-14(2,12)13/h14H,3-11H2,1-2H3. The molecule has 0 aromatic carbocycles. The molecule has 0 aliphatic carbocycles. The molecule has 0 unspecified atom stereocenters. The summed E-state index contributed by atoms with van der Waals surface area (Å²) in [6, 6.07) is 0. The summed E-state index contributed by atoms with van der Waals surface area (Å²) in [5.74, 6) is 0.712. The zero-order valence-electron chi connectivity index (χ0n) is 9.60. The summed E-state index contributed by atoms with van der Waals surface area (Å²) >= 11 is 0. The highest BCUT2D eigenvalue weighted by Gasteiger charge is 2.01. The summed E-state index contributed by atoms with van der Waals surface area (Å²) in [4.78, 5) is 0. The van der Waals surface area contributed by atoms with E-state index in [4.69, 9.17) is 10.7 Å². The number of halogens is 1. The first-order chi connectivity index (χ1) is 6.56. The van der Waals surface area contributed by atoms with Crippen LogP contribution in [0, 0.1) is 0 Å². The fourth-order valence-electron chi connectivity index (χ4n) is 1.53. The summed E-state index contributed by atoms with van der Waals surface area (Å²) in [7, 11) is 3.41. The summed E-state index contributed by atoms with van der Waals surface area (Å²) in [5, 5.41) is 0. The summed E-state index contributed by atoms with van der Waals surface area (Å²) in [6.07, 6.45) is 11.9. The molecule has 0 spiro atoms. The van der Waals surface area contributed by atoms with E-state index in [1.165, 1.54) is 44.9 Å². The van der Waals surface area contributed by atoms with E-state index < -0.39 is 9.15 Å². The van der Waals surface area contributed by atoms with E-state index in [1.54, 1.807) is 6.26 Å². The quantitative estimate of drug-likeness (QED) is 0.367. The van der Waals surface area contributed by atoms with Gasteiger partial charge in [-0.3, -0.25) is 4.21 Å². The van der Waals surface area contributed by atoms with E-state index in [1.807, 2.05) is 0 Å². The lowest BCUT2D eigenvalue weighted by Gasteiger charge is -2.08. The van der Waals surface area contributed by atoms with E-state index in [0.29, 0.717) is 5.75 Å². The highest BCUT2D eigenvalue weighted by atomic mass is 35.7. The molecular weight excluding hydrogens is 216 g/mol. The molecule has 0 N–H and O–H groups in total. The van der Waals surface area contributed by atoms with Gasteiger partial charge in [0.25, 0.3) is 0 Å². The first-order valence-corrected chi connectivity index (χ1v) is 9.07. The molecule has 0 atom stereocenters. The molecule has 14 heavy (non-hydrogen) atoms. The fourth-order valence-corrected chi connectivity index (χ4v) is 2.68. The van der Waals surface area contributed by atoms with Crippen molar-refractivity contribution in [2.45, 2.75) is 58.3 Å². The van der Waals surface area contributed by atoms with E-state index >= 15 is 0 Å². The third-order valence-electron chi connectivity index (χ3n) is 2.41. The lowest BCUT2D eigenvalue weighted by atomic mass is 10.1. The molecule has 88 valence electrons. The molecule has 1 nitrogen and oxygen atoms in total. The normalized spacial score (nSPS) is 13.1. The van der Waals surface area contributed by atoms with Crippen molar-refractivity contribution < 1.29 is 4.21 Å². The van der Waals surface area contributed by atoms with E-state index in [0.717, 1.165) is 6.42 Å². The third kappa shape index (κ3) is 12.4. The van der Waals surface area contributed by atoms with Crippen molar-refractivity contribution in [1.82, 2.24) is 0 Å². The lowest BCUT2D eigenvalue weighted by molar-refractivity contribution is 0.584. The van der Waals surface area contributed by atoms with Gasteiger partial charge in [0.05, 0.1) is 0 Å². The van der Waals surface area contributed by atoms with Crippen LogP contribution < -0.4 is 0 Å². The predicted octanol–water partition coefficient (Wildman–Crippen LogP) is 3.93. The number of unbranched alkanes of at least 4 members (excludes halogenated alkanes) is 7. The first kappa shape index (κ1) is 14.4. The third-order valence-corrected chi connectivity index (χ3v) is 4.03. The highest BCUT2D eigenvalue weighted by molar-refractivity contribution is 8.23. The molecule has 0 aromatic heterocycles. The Morgan fingerprint density at radius 2 is 1.36 bits per heavy atom. The predicted molar refractivity (Wildman–Crippen MR) is 68.8 cm³/mol. The molecular formula is C11H25ClOS. The van der Waals surface area contributed by atoms with Gasteiger partial charge in [0, 0.05) is 12.0 Å². The summed E-state index contributed by atoms with van der Waals surface area (Å²) in [5.41, 5.74) is 0. The van der Waals surface area contributed by atoms with Crippen LogP contribution >= 0.6 is 10.7 Å². The molecule has 0 saturated heterocycles. The molecule has 0 radical (unpaired) electrons. The van der Waals surface area contributed by atoms with Gasteiger partial charge in [-0.05, 0) is 26.2 Å². The molecule has 3 heteroatoms. The molecule has 0 aromatic rings. The van der Waals surface area contributed by atoms with Crippen molar-refractivity contribution in [2.24, 2.45) is 0 Å². The summed E-state index contributed by atoms with van der Waals surface area (Å²) in [6.45, 7) is 2.24. The van der Waals surface area contributed by atoms with E-state index in [2.05, 4.69) is 6.92 Å². The van der Waals surface area contributed by atoms with Crippen LogP contribution in [0.2, 0.25) is 0 Å². The SMILES string of the molecule is CCCCCCCCCC[SH](C)(=O)Cl. The Morgan fingerprint density at radius 1 is 0.929 bits per heavy atom. The van der Waals surface area contributed by atoms with Gasteiger partial charge in [-0.15, -0.1) is 0 Å². The van der Waals surface area contributed by atoms with Crippen LogP contribution in [-0.4, -0.2) is 16.2 Å². The molecule has 0 bridgehead atoms. The minimum absolute atomic E-state index is 0.712. The molecule has 0 amide bonds. The molecule has 0 aliphatic heterocycles. The Kier molecular flexibility index (Phi) is 9.00. The van der Waals surface area contributed by atoms with Crippen molar-refractivity contribution in [1.29, 1.82) is 0 Å². The van der Waals surface area contributed by atoms with Crippen LogP contribution in [0.4, 0.5) is 0 Å². The topological polar surface area (TPSA) is 17.1 Å². The fraction of sp³-hybridized carbons (Fsp3) is 1.00. The number of rotatable bonds is 9. The molecule has 0 aliphatic rings. The monoisotopic (exact) mass is 240 g/mol. The van der Waals surface area contributed by atoms with Crippen molar-refractivity contribution in [3.63, 3.8) is 0 Å². The average Bonchev–Trinajstić information content (AvgIpc) is 2.08. The smallest absolute Gasteiger partial charge is 0.0134 e. The van der Waals surface area contributed by atoms with Crippen LogP contribution in [0.25, 0.3) is 0 Å². The Balaban J connectivity index is 3.03. The maximum Gasteiger partial charge on any atom is 0.0134 e. The van der Waals surface area contributed by atoms with Crippen LogP contribution in [0.15, 0.2) is 0 Å². The van der Waals surface area contributed by atoms with Crippen LogP contribution in [0.3, 0.4) is 0 Å². The number of hydrogen-bond acceptors (Lipinski definition) is 1. The Bertz CT molecular complexity index is 165. The zero-order chi connectivity index (χ0) is 10.9. The van der Waals surface area contributed by atoms with Crippen LogP contribution in [0.1, 0.15) is 58.3 Å². The second-order valence-corrected chi connectivity index (χ2v) is 8.75. The maximum atomic E-state index is 11.2. The Morgan fingerprint density at radius 3 is 1.79 bits per heavy atom. The second-order valence-electron chi connectivity index (χ2n) is 4.18. The minimum atomic E-state index is -2.26. The zero-order valence-corrected chi connectivity index (χ0v) is 11.2. The number of hydrogen-bond donors (Lipinski definition) is 1. The van der Waals surface area contributed by atoms with Gasteiger partial charge in [-0.25, -0.2) is 0 Å². The Hall–Kier alpha value is 0.440. The van der Waals surface area contributed by atoms with Gasteiger partial charge in [0.15, 0.2) is 0 Å². The van der Waals surface area contributed by atoms with Gasteiger partial charge >= 0.3 is 0 Å². The van der Waals surface area contributed by atoms with Crippen molar-refractivity contribution in [3.05, 3.63) is 0 Å². The molecule has 0 heterocycles. The lowest BCUT2D eigenvalue weighted by Crippen LogP contribution is -2.04. The van der Waals surface area contributed by atoms with Crippen molar-refractivity contribution in [2.75, 3.05) is 12.0 Å². The first-order valence-electron chi connectivity index (χ1n) is 5.82. The molecule has 0 saturated carbocycles. The van der Waals surface area contributed by atoms with Gasteiger partial charge < -0.3 is 0 Å². The Labute approximate surface area is 94.5 Å². The van der Waals surface area contributed by atoms with Crippen molar-refractivity contribution >= 4 is 19.8 Å². The number of thiol groups is 1. The van der Waals surface area contributed by atoms with Gasteiger partial charge in [-0.2, -0.15) is 0 Å². The maximum absolute atomic E-state index is 11.2. The molecule has 0 fully saturated rings. The second kappa shape index (κ2) is 8.72.